The van der Waals surface area contributed by atoms with Gasteiger partial charge in [0.2, 0.25) is 5.91 Å². The zero-order valence-corrected chi connectivity index (χ0v) is 12.6. The van der Waals surface area contributed by atoms with Gasteiger partial charge in [-0.1, -0.05) is 29.8 Å². The second-order valence-electron chi connectivity index (χ2n) is 6.24. The van der Waals surface area contributed by atoms with E-state index in [1.807, 2.05) is 36.1 Å². The molecule has 1 heterocycles. The quantitative estimate of drug-likeness (QED) is 0.930. The molecule has 0 radical (unpaired) electrons. The minimum absolute atomic E-state index is 0.0813. The van der Waals surface area contributed by atoms with Crippen molar-refractivity contribution in [2.24, 2.45) is 11.7 Å². The smallest absolute Gasteiger partial charge is 0.243 e. The third-order valence-electron chi connectivity index (χ3n) is 4.66. The van der Waals surface area contributed by atoms with E-state index >= 15 is 0 Å². The SMILES string of the molecule is CC(N)(C(=O)N1CCCC1c1ccccc1Cl)C1CC1. The van der Waals surface area contributed by atoms with Gasteiger partial charge in [0.25, 0.3) is 0 Å². The molecule has 4 heteroatoms. The van der Waals surface area contributed by atoms with Gasteiger partial charge in [0.15, 0.2) is 0 Å². The van der Waals surface area contributed by atoms with Crippen molar-refractivity contribution >= 4 is 17.5 Å². The Morgan fingerprint density at radius 3 is 2.70 bits per heavy atom. The molecule has 20 heavy (non-hydrogen) atoms. The first-order valence-electron chi connectivity index (χ1n) is 7.36. The third-order valence-corrected chi connectivity index (χ3v) is 5.01. The zero-order valence-electron chi connectivity index (χ0n) is 11.8. The summed E-state index contributed by atoms with van der Waals surface area (Å²) in [5, 5.41) is 0.738. The first-order chi connectivity index (χ1) is 9.51. The summed E-state index contributed by atoms with van der Waals surface area (Å²) >= 11 is 6.29. The summed E-state index contributed by atoms with van der Waals surface area (Å²) < 4.78 is 0. The topological polar surface area (TPSA) is 46.3 Å². The molecule has 1 aliphatic carbocycles. The van der Waals surface area contributed by atoms with Crippen LogP contribution in [0.15, 0.2) is 24.3 Å². The lowest BCUT2D eigenvalue weighted by Crippen LogP contribution is -2.54. The summed E-state index contributed by atoms with van der Waals surface area (Å²) in [6, 6.07) is 7.89. The number of carbonyl (C=O) groups is 1. The Bertz CT molecular complexity index is 525. The van der Waals surface area contributed by atoms with Gasteiger partial charge in [0, 0.05) is 11.6 Å². The van der Waals surface area contributed by atoms with E-state index in [1.165, 1.54) is 0 Å². The average molecular weight is 293 g/mol. The Morgan fingerprint density at radius 2 is 2.05 bits per heavy atom. The van der Waals surface area contributed by atoms with Gasteiger partial charge in [-0.3, -0.25) is 4.79 Å². The van der Waals surface area contributed by atoms with Crippen LogP contribution in [-0.2, 0) is 4.79 Å². The Kier molecular flexibility index (Phi) is 3.51. The van der Waals surface area contributed by atoms with Crippen molar-refractivity contribution in [3.05, 3.63) is 34.9 Å². The van der Waals surface area contributed by atoms with Gasteiger partial charge in [0.05, 0.1) is 11.6 Å². The number of likely N-dealkylation sites (tertiary alicyclic amines) is 1. The maximum absolute atomic E-state index is 12.8. The van der Waals surface area contributed by atoms with E-state index < -0.39 is 5.54 Å². The fraction of sp³-hybridized carbons (Fsp3) is 0.562. The number of nitrogens with zero attached hydrogens (tertiary/aromatic N) is 1. The number of nitrogens with two attached hydrogens (primary N) is 1. The van der Waals surface area contributed by atoms with Crippen LogP contribution >= 0.6 is 11.6 Å². The highest BCUT2D eigenvalue weighted by Crippen LogP contribution is 2.42. The van der Waals surface area contributed by atoms with Crippen LogP contribution in [0.25, 0.3) is 0 Å². The van der Waals surface area contributed by atoms with Crippen molar-refractivity contribution in [1.29, 1.82) is 0 Å². The van der Waals surface area contributed by atoms with Crippen LogP contribution in [-0.4, -0.2) is 22.9 Å². The molecule has 2 unspecified atom stereocenters. The fourth-order valence-electron chi connectivity index (χ4n) is 3.25. The predicted molar refractivity (Wildman–Crippen MR) is 80.5 cm³/mol. The Labute approximate surface area is 125 Å². The van der Waals surface area contributed by atoms with Crippen molar-refractivity contribution in [1.82, 2.24) is 4.90 Å². The average Bonchev–Trinajstić information content (AvgIpc) is 3.18. The highest BCUT2D eigenvalue weighted by atomic mass is 35.5. The van der Waals surface area contributed by atoms with Crippen LogP contribution in [0.4, 0.5) is 0 Å². The first kappa shape index (κ1) is 13.9. The van der Waals surface area contributed by atoms with Crippen molar-refractivity contribution in [3.8, 4) is 0 Å². The number of rotatable bonds is 3. The van der Waals surface area contributed by atoms with Crippen LogP contribution in [0.3, 0.4) is 0 Å². The lowest BCUT2D eigenvalue weighted by Gasteiger charge is -2.33. The summed E-state index contributed by atoms with van der Waals surface area (Å²) in [5.41, 5.74) is 6.63. The van der Waals surface area contributed by atoms with E-state index in [2.05, 4.69) is 0 Å². The van der Waals surface area contributed by atoms with Crippen LogP contribution < -0.4 is 5.73 Å². The molecule has 2 atom stereocenters. The number of hydrogen-bond acceptors (Lipinski definition) is 2. The minimum atomic E-state index is -0.718. The molecule has 108 valence electrons. The maximum Gasteiger partial charge on any atom is 0.243 e. The van der Waals surface area contributed by atoms with Crippen LogP contribution in [0.5, 0.6) is 0 Å². The van der Waals surface area contributed by atoms with Gasteiger partial charge in [0.1, 0.15) is 0 Å². The number of benzene rings is 1. The van der Waals surface area contributed by atoms with E-state index in [0.717, 1.165) is 42.8 Å². The molecule has 3 rings (SSSR count). The standard InChI is InChI=1S/C16H21ClN2O/c1-16(18,11-8-9-11)15(20)19-10-4-7-14(19)12-5-2-3-6-13(12)17/h2-3,5-6,11,14H,4,7-10,18H2,1H3. The number of amides is 1. The maximum atomic E-state index is 12.8. The Hall–Kier alpha value is -1.06. The number of hydrogen-bond donors (Lipinski definition) is 1. The van der Waals surface area contributed by atoms with E-state index in [4.69, 9.17) is 17.3 Å². The summed E-state index contributed by atoms with van der Waals surface area (Å²) in [5.74, 6) is 0.435. The third kappa shape index (κ3) is 2.33. The monoisotopic (exact) mass is 292 g/mol. The molecular weight excluding hydrogens is 272 g/mol. The van der Waals surface area contributed by atoms with Gasteiger partial charge in [-0.25, -0.2) is 0 Å². The molecule has 0 aromatic heterocycles. The molecule has 1 amide bonds. The predicted octanol–water partition coefficient (Wildman–Crippen LogP) is 3.13. The molecule has 2 N–H and O–H groups in total. The van der Waals surface area contributed by atoms with Gasteiger partial charge in [-0.05, 0) is 50.2 Å². The second kappa shape index (κ2) is 5.05. The van der Waals surface area contributed by atoms with Crippen LogP contribution in [0, 0.1) is 5.92 Å². The van der Waals surface area contributed by atoms with Crippen LogP contribution in [0.2, 0.25) is 5.02 Å². The molecule has 3 nitrogen and oxygen atoms in total. The summed E-state index contributed by atoms with van der Waals surface area (Å²) in [6.07, 6.45) is 4.13. The molecule has 1 aromatic carbocycles. The van der Waals surface area contributed by atoms with Gasteiger partial charge >= 0.3 is 0 Å². The van der Waals surface area contributed by atoms with Crippen molar-refractivity contribution in [3.63, 3.8) is 0 Å². The molecule has 1 aromatic rings. The van der Waals surface area contributed by atoms with E-state index in [1.54, 1.807) is 0 Å². The van der Waals surface area contributed by atoms with Crippen LogP contribution in [0.1, 0.15) is 44.2 Å². The molecular formula is C16H21ClN2O. The number of halogens is 1. The Balaban J connectivity index is 1.86. The molecule has 0 bridgehead atoms. The highest BCUT2D eigenvalue weighted by Gasteiger charge is 2.48. The Morgan fingerprint density at radius 1 is 1.35 bits per heavy atom. The molecule has 2 fully saturated rings. The first-order valence-corrected chi connectivity index (χ1v) is 7.74. The lowest BCUT2D eigenvalue weighted by molar-refractivity contribution is -0.138. The normalized spacial score (nSPS) is 25.6. The van der Waals surface area contributed by atoms with E-state index in [0.29, 0.717) is 5.92 Å². The largest absolute Gasteiger partial charge is 0.334 e. The summed E-state index contributed by atoms with van der Waals surface area (Å²) in [7, 11) is 0. The highest BCUT2D eigenvalue weighted by molar-refractivity contribution is 6.31. The number of carbonyl (C=O) groups excluding carboxylic acids is 1. The van der Waals surface area contributed by atoms with E-state index in [9.17, 15) is 4.79 Å². The summed E-state index contributed by atoms with van der Waals surface area (Å²) in [4.78, 5) is 14.7. The van der Waals surface area contributed by atoms with Crippen molar-refractivity contribution < 1.29 is 4.79 Å². The fourth-order valence-corrected chi connectivity index (χ4v) is 3.51. The zero-order chi connectivity index (χ0) is 14.3. The second-order valence-corrected chi connectivity index (χ2v) is 6.64. The van der Waals surface area contributed by atoms with Gasteiger partial charge < -0.3 is 10.6 Å². The van der Waals surface area contributed by atoms with Gasteiger partial charge in [-0.2, -0.15) is 0 Å². The molecule has 2 aliphatic rings. The molecule has 1 saturated heterocycles. The molecule has 1 aliphatic heterocycles. The molecule has 1 saturated carbocycles. The van der Waals surface area contributed by atoms with Gasteiger partial charge in [-0.15, -0.1) is 0 Å². The van der Waals surface area contributed by atoms with E-state index in [-0.39, 0.29) is 11.9 Å². The minimum Gasteiger partial charge on any atom is -0.334 e. The van der Waals surface area contributed by atoms with Crippen molar-refractivity contribution in [2.45, 2.75) is 44.2 Å². The lowest BCUT2D eigenvalue weighted by atomic mass is 9.94. The summed E-state index contributed by atoms with van der Waals surface area (Å²) in [6.45, 7) is 2.67. The molecule has 0 spiro atoms. The van der Waals surface area contributed by atoms with Crippen molar-refractivity contribution in [2.75, 3.05) is 6.54 Å².